The van der Waals surface area contributed by atoms with Crippen LogP contribution in [0.5, 0.6) is 0 Å². The number of halogens is 1. The molecule has 0 saturated carbocycles. The molecule has 6 nitrogen and oxygen atoms in total. The Labute approximate surface area is 240 Å². The van der Waals surface area contributed by atoms with Gasteiger partial charge in [0.2, 0.25) is 5.91 Å². The van der Waals surface area contributed by atoms with Crippen LogP contribution in [-0.4, -0.2) is 32.0 Å². The Morgan fingerprint density at radius 1 is 1.05 bits per heavy atom. The summed E-state index contributed by atoms with van der Waals surface area (Å²) in [5.41, 5.74) is 8.21. The molecule has 4 aromatic rings. The van der Waals surface area contributed by atoms with Crippen LogP contribution in [0.3, 0.4) is 0 Å². The molecule has 0 spiro atoms. The molecule has 1 aliphatic rings. The Bertz CT molecular complexity index is 1530. The Morgan fingerprint density at radius 3 is 2.59 bits per heavy atom. The summed E-state index contributed by atoms with van der Waals surface area (Å²) in [6, 6.07) is 21.6. The van der Waals surface area contributed by atoms with Crippen LogP contribution in [0.2, 0.25) is 5.02 Å². The molecule has 39 heavy (non-hydrogen) atoms. The van der Waals surface area contributed by atoms with E-state index in [2.05, 4.69) is 51.1 Å². The van der Waals surface area contributed by atoms with E-state index in [-0.39, 0.29) is 18.0 Å². The van der Waals surface area contributed by atoms with Gasteiger partial charge >= 0.3 is 0 Å². The molecule has 8 heteroatoms. The number of carbonyl (C=O) groups is 1. The Hall–Kier alpha value is -3.68. The van der Waals surface area contributed by atoms with Gasteiger partial charge in [0.1, 0.15) is 0 Å². The maximum Gasteiger partial charge on any atom is 0.226 e. The molecule has 2 aromatic carbocycles. The molecule has 1 amide bonds. The number of nitrogens with zero attached hydrogens (tertiary/aromatic N) is 3. The summed E-state index contributed by atoms with van der Waals surface area (Å²) in [5, 5.41) is 7.86. The van der Waals surface area contributed by atoms with Crippen molar-refractivity contribution in [3.63, 3.8) is 0 Å². The number of aryl methyl sites for hydroxylation is 2. The predicted molar refractivity (Wildman–Crippen MR) is 162 cm³/mol. The van der Waals surface area contributed by atoms with Gasteiger partial charge in [0.15, 0.2) is 5.11 Å². The fourth-order valence-electron chi connectivity index (χ4n) is 5.45. The normalized spacial score (nSPS) is 16.8. The van der Waals surface area contributed by atoms with Crippen LogP contribution in [0.1, 0.15) is 52.3 Å². The van der Waals surface area contributed by atoms with Gasteiger partial charge in [0, 0.05) is 46.9 Å². The standard InChI is InChI=1S/C31H32ClN5OS/c1-19-9-7-10-23(17-19)34-28(38)14-16-36-30(29(35-31(36)39)26-12-5-6-15-33-26)24-18-20(2)37(22(24)4)27-13-8-11-25(32)21(27)3/h5-13,15,17-18,29-30H,14,16H2,1-4H3,(H,34,38)(H,35,39). The van der Waals surface area contributed by atoms with Crippen molar-refractivity contribution in [3.05, 3.63) is 112 Å². The number of amides is 1. The topological polar surface area (TPSA) is 62.2 Å². The third-order valence-corrected chi connectivity index (χ3v) is 8.11. The third kappa shape index (κ3) is 5.42. The fraction of sp³-hybridized carbons (Fsp3) is 0.258. The van der Waals surface area contributed by atoms with Crippen molar-refractivity contribution in [2.45, 2.75) is 46.2 Å². The number of carbonyl (C=O) groups excluding carboxylic acids is 1. The minimum absolute atomic E-state index is 0.0524. The number of benzene rings is 2. The van der Waals surface area contributed by atoms with E-state index in [9.17, 15) is 4.79 Å². The van der Waals surface area contributed by atoms with E-state index in [1.165, 1.54) is 0 Å². The lowest BCUT2D eigenvalue weighted by Gasteiger charge is -2.28. The van der Waals surface area contributed by atoms with Crippen molar-refractivity contribution in [2.24, 2.45) is 0 Å². The maximum absolute atomic E-state index is 12.9. The summed E-state index contributed by atoms with van der Waals surface area (Å²) in [4.78, 5) is 19.7. The first kappa shape index (κ1) is 26.9. The van der Waals surface area contributed by atoms with Crippen molar-refractivity contribution >= 4 is 40.5 Å². The second kappa shape index (κ2) is 11.2. The first-order valence-corrected chi connectivity index (χ1v) is 13.8. The van der Waals surface area contributed by atoms with Gasteiger partial charge in [-0.15, -0.1) is 0 Å². The van der Waals surface area contributed by atoms with Gasteiger partial charge in [-0.1, -0.05) is 35.9 Å². The second-order valence-corrected chi connectivity index (χ2v) is 10.8. The lowest BCUT2D eigenvalue weighted by atomic mass is 9.96. The van der Waals surface area contributed by atoms with Crippen LogP contribution < -0.4 is 10.6 Å². The molecule has 2 N–H and O–H groups in total. The number of pyridine rings is 1. The fourth-order valence-corrected chi connectivity index (χ4v) is 5.95. The molecule has 0 bridgehead atoms. The predicted octanol–water partition coefficient (Wildman–Crippen LogP) is 6.76. The highest BCUT2D eigenvalue weighted by Crippen LogP contribution is 2.42. The first-order chi connectivity index (χ1) is 18.7. The van der Waals surface area contributed by atoms with E-state index in [0.29, 0.717) is 18.1 Å². The number of aromatic nitrogens is 2. The van der Waals surface area contributed by atoms with Crippen LogP contribution in [0, 0.1) is 27.7 Å². The molecule has 1 fully saturated rings. The molecule has 3 heterocycles. The van der Waals surface area contributed by atoms with Crippen LogP contribution in [-0.2, 0) is 4.79 Å². The molecule has 2 aromatic heterocycles. The lowest BCUT2D eigenvalue weighted by molar-refractivity contribution is -0.116. The molecule has 1 saturated heterocycles. The first-order valence-electron chi connectivity index (χ1n) is 13.0. The SMILES string of the molecule is Cc1cccc(NC(=O)CCN2C(=S)NC(c3ccccn3)C2c2cc(C)n(-c3cccc(Cl)c3C)c2C)c1. The van der Waals surface area contributed by atoms with Crippen LogP contribution >= 0.6 is 23.8 Å². The van der Waals surface area contributed by atoms with Gasteiger partial charge in [0.05, 0.1) is 17.8 Å². The average Bonchev–Trinajstić information content (AvgIpc) is 3.39. The highest BCUT2D eigenvalue weighted by Gasteiger charge is 2.41. The third-order valence-electron chi connectivity index (χ3n) is 7.35. The second-order valence-electron chi connectivity index (χ2n) is 10.0. The largest absolute Gasteiger partial charge is 0.352 e. The molecule has 2 atom stereocenters. The number of hydrogen-bond donors (Lipinski definition) is 2. The molecular weight excluding hydrogens is 526 g/mol. The highest BCUT2D eigenvalue weighted by molar-refractivity contribution is 7.80. The number of anilines is 1. The van der Waals surface area contributed by atoms with E-state index >= 15 is 0 Å². The number of nitrogens with one attached hydrogen (secondary N) is 2. The maximum atomic E-state index is 12.9. The van der Waals surface area contributed by atoms with Crippen molar-refractivity contribution < 1.29 is 4.79 Å². The monoisotopic (exact) mass is 557 g/mol. The van der Waals surface area contributed by atoms with Gasteiger partial charge in [-0.05, 0) is 99.1 Å². The van der Waals surface area contributed by atoms with Gasteiger partial charge < -0.3 is 20.1 Å². The number of thiocarbonyl (C=S) groups is 1. The zero-order valence-corrected chi connectivity index (χ0v) is 24.1. The Kier molecular flexibility index (Phi) is 7.73. The quantitative estimate of drug-likeness (QED) is 0.246. The summed E-state index contributed by atoms with van der Waals surface area (Å²) in [5.74, 6) is -0.0524. The summed E-state index contributed by atoms with van der Waals surface area (Å²) >= 11 is 12.3. The lowest BCUT2D eigenvalue weighted by Crippen LogP contribution is -2.32. The molecule has 0 aliphatic carbocycles. The van der Waals surface area contributed by atoms with Gasteiger partial charge in [-0.25, -0.2) is 0 Å². The van der Waals surface area contributed by atoms with Gasteiger partial charge in [-0.2, -0.15) is 0 Å². The number of hydrogen-bond acceptors (Lipinski definition) is 3. The van der Waals surface area contributed by atoms with Crippen molar-refractivity contribution in [2.75, 3.05) is 11.9 Å². The van der Waals surface area contributed by atoms with Crippen molar-refractivity contribution in [3.8, 4) is 5.69 Å². The van der Waals surface area contributed by atoms with E-state index in [1.54, 1.807) is 6.20 Å². The summed E-state index contributed by atoms with van der Waals surface area (Å²) in [6.07, 6.45) is 2.10. The zero-order chi connectivity index (χ0) is 27.7. The summed E-state index contributed by atoms with van der Waals surface area (Å²) < 4.78 is 2.25. The molecule has 2 unspecified atom stereocenters. The average molecular weight is 558 g/mol. The van der Waals surface area contributed by atoms with Gasteiger partial charge in [-0.3, -0.25) is 9.78 Å². The smallest absolute Gasteiger partial charge is 0.226 e. The molecule has 0 radical (unpaired) electrons. The van der Waals surface area contributed by atoms with Crippen LogP contribution in [0.15, 0.2) is 72.9 Å². The van der Waals surface area contributed by atoms with Crippen molar-refractivity contribution in [1.82, 2.24) is 19.8 Å². The van der Waals surface area contributed by atoms with E-state index < -0.39 is 0 Å². The van der Waals surface area contributed by atoms with Gasteiger partial charge in [0.25, 0.3) is 0 Å². The summed E-state index contributed by atoms with van der Waals surface area (Å²) in [7, 11) is 0. The Balaban J connectivity index is 1.49. The zero-order valence-electron chi connectivity index (χ0n) is 22.5. The number of rotatable bonds is 7. The van der Waals surface area contributed by atoms with E-state index in [1.807, 2.05) is 68.4 Å². The van der Waals surface area contributed by atoms with Crippen molar-refractivity contribution in [1.29, 1.82) is 0 Å². The molecule has 1 aliphatic heterocycles. The van der Waals surface area contributed by atoms with E-state index in [0.717, 1.165) is 50.2 Å². The minimum Gasteiger partial charge on any atom is -0.352 e. The molecule has 5 rings (SSSR count). The minimum atomic E-state index is -0.159. The van der Waals surface area contributed by atoms with Crippen LogP contribution in [0.4, 0.5) is 5.69 Å². The Morgan fingerprint density at radius 2 is 1.85 bits per heavy atom. The summed E-state index contributed by atoms with van der Waals surface area (Å²) in [6.45, 7) is 8.75. The molecular formula is C31H32ClN5OS. The highest BCUT2D eigenvalue weighted by atomic mass is 35.5. The van der Waals surface area contributed by atoms with E-state index in [4.69, 9.17) is 23.8 Å². The molecule has 200 valence electrons. The van der Waals surface area contributed by atoms with Crippen LogP contribution in [0.25, 0.3) is 5.69 Å².